The van der Waals surface area contributed by atoms with Crippen LogP contribution in [-0.2, 0) is 0 Å². The lowest BCUT2D eigenvalue weighted by atomic mass is 9.83. The van der Waals surface area contributed by atoms with Gasteiger partial charge in [0.1, 0.15) is 5.75 Å². The lowest BCUT2D eigenvalue weighted by Crippen LogP contribution is -2.41. The number of aliphatic hydroxyl groups excluding tert-OH is 1. The smallest absolute Gasteiger partial charge is 0.120 e. The summed E-state index contributed by atoms with van der Waals surface area (Å²) in [6.45, 7) is 4.83. The molecule has 0 amide bonds. The number of ether oxygens (including phenoxy) is 1. The van der Waals surface area contributed by atoms with Crippen molar-refractivity contribution in [2.75, 3.05) is 19.0 Å². The van der Waals surface area contributed by atoms with Gasteiger partial charge >= 0.3 is 0 Å². The van der Waals surface area contributed by atoms with Crippen LogP contribution in [0.25, 0.3) is 0 Å². The first-order chi connectivity index (χ1) is 9.49. The molecule has 3 heteroatoms. The van der Waals surface area contributed by atoms with Gasteiger partial charge < -0.3 is 15.2 Å². The minimum absolute atomic E-state index is 0.181. The molecule has 1 atom stereocenters. The van der Waals surface area contributed by atoms with E-state index in [0.717, 1.165) is 37.1 Å². The molecule has 2 rings (SSSR count). The number of benzene rings is 1. The Balaban J connectivity index is 2.14. The van der Waals surface area contributed by atoms with E-state index >= 15 is 0 Å². The second-order valence-corrected chi connectivity index (χ2v) is 6.81. The van der Waals surface area contributed by atoms with Gasteiger partial charge in [-0.15, -0.1) is 0 Å². The zero-order valence-corrected chi connectivity index (χ0v) is 12.9. The highest BCUT2D eigenvalue weighted by atomic mass is 16.5. The van der Waals surface area contributed by atoms with Crippen LogP contribution in [0, 0.1) is 5.41 Å². The molecule has 1 fully saturated rings. The van der Waals surface area contributed by atoms with E-state index in [0.29, 0.717) is 5.41 Å². The quantitative estimate of drug-likeness (QED) is 0.822. The van der Waals surface area contributed by atoms with E-state index in [4.69, 9.17) is 4.74 Å². The van der Waals surface area contributed by atoms with Crippen LogP contribution in [0.15, 0.2) is 24.3 Å². The highest BCUT2D eigenvalue weighted by Crippen LogP contribution is 2.39. The van der Waals surface area contributed by atoms with Crippen molar-refractivity contribution >= 4 is 5.69 Å². The Labute approximate surface area is 122 Å². The summed E-state index contributed by atoms with van der Waals surface area (Å²) < 4.78 is 5.27. The summed E-state index contributed by atoms with van der Waals surface area (Å²) in [5, 5.41) is 13.5. The van der Waals surface area contributed by atoms with Gasteiger partial charge in [0.15, 0.2) is 0 Å². The maximum Gasteiger partial charge on any atom is 0.120 e. The molecular formula is C17H27NO2. The Morgan fingerprint density at radius 3 is 2.70 bits per heavy atom. The number of hydrogen-bond donors (Lipinski definition) is 2. The van der Waals surface area contributed by atoms with Gasteiger partial charge in [-0.1, -0.05) is 26.3 Å². The summed E-state index contributed by atoms with van der Waals surface area (Å²) >= 11 is 0. The molecular weight excluding hydrogens is 250 g/mol. The molecule has 0 saturated heterocycles. The van der Waals surface area contributed by atoms with Gasteiger partial charge in [-0.25, -0.2) is 0 Å². The highest BCUT2D eigenvalue weighted by molar-refractivity contribution is 5.50. The maximum atomic E-state index is 9.93. The summed E-state index contributed by atoms with van der Waals surface area (Å²) in [7, 11) is 1.68. The first kappa shape index (κ1) is 15.2. The van der Waals surface area contributed by atoms with Gasteiger partial charge in [-0.3, -0.25) is 0 Å². The summed E-state index contributed by atoms with van der Waals surface area (Å²) in [5.74, 6) is 0.844. The minimum Gasteiger partial charge on any atom is -0.497 e. The molecule has 1 aliphatic carbocycles. The van der Waals surface area contributed by atoms with Crippen molar-refractivity contribution in [1.29, 1.82) is 0 Å². The Morgan fingerprint density at radius 2 is 2.00 bits per heavy atom. The topological polar surface area (TPSA) is 41.5 Å². The van der Waals surface area contributed by atoms with Crippen molar-refractivity contribution in [2.45, 2.75) is 51.5 Å². The van der Waals surface area contributed by atoms with Crippen LogP contribution in [0.2, 0.25) is 0 Å². The number of nitrogens with one attached hydrogen (secondary N) is 1. The largest absolute Gasteiger partial charge is 0.497 e. The van der Waals surface area contributed by atoms with Crippen molar-refractivity contribution in [3.8, 4) is 5.75 Å². The molecule has 0 bridgehead atoms. The minimum atomic E-state index is -0.194. The van der Waals surface area contributed by atoms with E-state index in [-0.39, 0.29) is 12.1 Å². The molecule has 0 heterocycles. The SMILES string of the molecule is COc1cccc(NC2(CO)CCCC(C)(C)CC2)c1. The van der Waals surface area contributed by atoms with Gasteiger partial charge in [0.2, 0.25) is 0 Å². The van der Waals surface area contributed by atoms with Crippen LogP contribution in [0.1, 0.15) is 46.0 Å². The van der Waals surface area contributed by atoms with Crippen molar-refractivity contribution < 1.29 is 9.84 Å². The molecule has 20 heavy (non-hydrogen) atoms. The van der Waals surface area contributed by atoms with Crippen molar-refractivity contribution in [3.05, 3.63) is 24.3 Å². The fourth-order valence-corrected chi connectivity index (χ4v) is 3.06. The third kappa shape index (κ3) is 3.66. The summed E-state index contributed by atoms with van der Waals surface area (Å²) in [4.78, 5) is 0. The van der Waals surface area contributed by atoms with Crippen LogP contribution in [0.4, 0.5) is 5.69 Å². The second kappa shape index (κ2) is 6.04. The molecule has 0 spiro atoms. The lowest BCUT2D eigenvalue weighted by Gasteiger charge is -2.34. The average molecular weight is 277 g/mol. The van der Waals surface area contributed by atoms with E-state index in [9.17, 15) is 5.11 Å². The molecule has 0 radical (unpaired) electrons. The van der Waals surface area contributed by atoms with Crippen LogP contribution >= 0.6 is 0 Å². The van der Waals surface area contributed by atoms with Crippen LogP contribution < -0.4 is 10.1 Å². The number of aliphatic hydroxyl groups is 1. The van der Waals surface area contributed by atoms with Gasteiger partial charge in [0, 0.05) is 11.8 Å². The Kier molecular flexibility index (Phi) is 4.59. The first-order valence-corrected chi connectivity index (χ1v) is 7.52. The van der Waals surface area contributed by atoms with E-state index in [1.165, 1.54) is 6.42 Å². The summed E-state index contributed by atoms with van der Waals surface area (Å²) in [5.41, 5.74) is 1.21. The van der Waals surface area contributed by atoms with Gasteiger partial charge in [0.05, 0.1) is 19.3 Å². The third-order valence-electron chi connectivity index (χ3n) is 4.57. The van der Waals surface area contributed by atoms with Gasteiger partial charge in [-0.05, 0) is 43.2 Å². The lowest BCUT2D eigenvalue weighted by molar-refractivity contribution is 0.191. The highest BCUT2D eigenvalue weighted by Gasteiger charge is 2.35. The molecule has 1 aliphatic rings. The van der Waals surface area contributed by atoms with Crippen molar-refractivity contribution in [1.82, 2.24) is 0 Å². The van der Waals surface area contributed by atoms with E-state index in [1.807, 2.05) is 24.3 Å². The number of methoxy groups -OCH3 is 1. The first-order valence-electron chi connectivity index (χ1n) is 7.52. The normalized spacial score (nSPS) is 25.8. The van der Waals surface area contributed by atoms with Crippen molar-refractivity contribution in [3.63, 3.8) is 0 Å². The average Bonchev–Trinajstić information content (AvgIpc) is 2.59. The van der Waals surface area contributed by atoms with Crippen LogP contribution in [-0.4, -0.2) is 24.4 Å². The number of anilines is 1. The predicted molar refractivity (Wildman–Crippen MR) is 83.3 cm³/mol. The molecule has 2 N–H and O–H groups in total. The summed E-state index contributed by atoms with van der Waals surface area (Å²) in [6.07, 6.45) is 5.56. The van der Waals surface area contributed by atoms with Crippen LogP contribution in [0.3, 0.4) is 0 Å². The van der Waals surface area contributed by atoms with E-state index < -0.39 is 0 Å². The molecule has 1 aromatic carbocycles. The molecule has 3 nitrogen and oxygen atoms in total. The number of rotatable bonds is 4. The Hall–Kier alpha value is -1.22. The third-order valence-corrected chi connectivity index (χ3v) is 4.57. The fourth-order valence-electron chi connectivity index (χ4n) is 3.06. The van der Waals surface area contributed by atoms with E-state index in [2.05, 4.69) is 19.2 Å². The zero-order valence-electron chi connectivity index (χ0n) is 12.9. The molecule has 1 saturated carbocycles. The summed E-state index contributed by atoms with van der Waals surface area (Å²) in [6, 6.07) is 7.95. The Morgan fingerprint density at radius 1 is 1.20 bits per heavy atom. The zero-order chi connectivity index (χ0) is 14.6. The standard InChI is InChI=1S/C17H27NO2/c1-16(2)8-5-9-17(13-19,11-10-16)18-14-6-4-7-15(12-14)20-3/h4,6-7,12,18-19H,5,8-11,13H2,1-3H3. The molecule has 0 aromatic heterocycles. The Bertz CT molecular complexity index is 444. The molecule has 112 valence electrons. The van der Waals surface area contributed by atoms with E-state index in [1.54, 1.807) is 7.11 Å². The molecule has 0 aliphatic heterocycles. The van der Waals surface area contributed by atoms with Crippen molar-refractivity contribution in [2.24, 2.45) is 5.41 Å². The monoisotopic (exact) mass is 277 g/mol. The fraction of sp³-hybridized carbons (Fsp3) is 0.647. The second-order valence-electron chi connectivity index (χ2n) is 6.81. The maximum absolute atomic E-state index is 9.93. The molecule has 1 unspecified atom stereocenters. The number of hydrogen-bond acceptors (Lipinski definition) is 3. The van der Waals surface area contributed by atoms with Crippen LogP contribution in [0.5, 0.6) is 5.75 Å². The predicted octanol–water partition coefficient (Wildman–Crippen LogP) is 3.83. The van der Waals surface area contributed by atoms with Gasteiger partial charge in [-0.2, -0.15) is 0 Å². The molecule has 1 aromatic rings. The van der Waals surface area contributed by atoms with Gasteiger partial charge in [0.25, 0.3) is 0 Å².